The summed E-state index contributed by atoms with van der Waals surface area (Å²) in [6, 6.07) is 8.27. The molecule has 1 N–H and O–H groups in total. The highest BCUT2D eigenvalue weighted by Gasteiger charge is 2.07. The van der Waals surface area contributed by atoms with E-state index in [2.05, 4.69) is 47.5 Å². The number of hydrogen-bond acceptors (Lipinski definition) is 5. The molecule has 0 amide bonds. The molecule has 0 saturated carbocycles. The van der Waals surface area contributed by atoms with E-state index in [9.17, 15) is 0 Å². The van der Waals surface area contributed by atoms with E-state index in [1.165, 1.54) is 4.90 Å². The van der Waals surface area contributed by atoms with Crippen molar-refractivity contribution in [3.05, 3.63) is 36.0 Å². The number of aryl methyl sites for hydroxylation is 1. The zero-order valence-electron chi connectivity index (χ0n) is 11.5. The molecule has 0 aliphatic carbocycles. The van der Waals surface area contributed by atoms with E-state index in [1.54, 1.807) is 0 Å². The van der Waals surface area contributed by atoms with Crippen LogP contribution in [0.25, 0.3) is 0 Å². The maximum atomic E-state index is 5.17. The summed E-state index contributed by atoms with van der Waals surface area (Å²) >= 11 is 1.84. The van der Waals surface area contributed by atoms with Gasteiger partial charge in [0.05, 0.1) is 6.54 Å². The van der Waals surface area contributed by atoms with Gasteiger partial charge in [-0.05, 0) is 12.1 Å². The first-order chi connectivity index (χ1) is 9.19. The first-order valence-corrected chi connectivity index (χ1v) is 7.38. The van der Waals surface area contributed by atoms with E-state index in [1.807, 2.05) is 24.8 Å². The first kappa shape index (κ1) is 13.9. The molecule has 0 aliphatic heterocycles. The third-order valence-electron chi connectivity index (χ3n) is 2.51. The van der Waals surface area contributed by atoms with Gasteiger partial charge in [-0.1, -0.05) is 38.1 Å². The largest absolute Gasteiger partial charge is 0.375 e. The average molecular weight is 277 g/mol. The Morgan fingerprint density at radius 1 is 1.32 bits per heavy atom. The number of nitrogens with zero attached hydrogens (tertiary/aromatic N) is 2. The molecule has 5 heteroatoms. The molecule has 0 saturated heterocycles. The van der Waals surface area contributed by atoms with E-state index >= 15 is 0 Å². The molecule has 0 aliphatic rings. The average Bonchev–Trinajstić information content (AvgIpc) is 2.85. The van der Waals surface area contributed by atoms with Gasteiger partial charge in [-0.3, -0.25) is 0 Å². The van der Waals surface area contributed by atoms with Gasteiger partial charge in [0.25, 0.3) is 0 Å². The summed E-state index contributed by atoms with van der Waals surface area (Å²) < 4.78 is 5.17. The van der Waals surface area contributed by atoms with Crippen LogP contribution in [0.1, 0.15) is 32.5 Å². The maximum Gasteiger partial charge on any atom is 0.245 e. The van der Waals surface area contributed by atoms with E-state index in [-0.39, 0.29) is 0 Å². The Hall–Kier alpha value is -1.49. The number of anilines is 1. The van der Waals surface area contributed by atoms with Gasteiger partial charge in [-0.2, -0.15) is 4.98 Å². The third-order valence-corrected chi connectivity index (χ3v) is 3.59. The third kappa shape index (κ3) is 3.99. The number of benzene rings is 1. The van der Waals surface area contributed by atoms with Crippen molar-refractivity contribution in [1.82, 2.24) is 10.1 Å². The zero-order valence-corrected chi connectivity index (χ0v) is 12.3. The van der Waals surface area contributed by atoms with E-state index in [0.29, 0.717) is 17.7 Å². The predicted octanol–water partition coefficient (Wildman–Crippen LogP) is 3.74. The lowest BCUT2D eigenvalue weighted by molar-refractivity contribution is 0.378. The molecule has 0 unspecified atom stereocenters. The van der Waals surface area contributed by atoms with Gasteiger partial charge in [0.15, 0.2) is 5.82 Å². The normalized spacial score (nSPS) is 10.9. The van der Waals surface area contributed by atoms with Crippen LogP contribution in [0.3, 0.4) is 0 Å². The lowest BCUT2D eigenvalue weighted by Gasteiger charge is -2.11. The quantitative estimate of drug-likeness (QED) is 0.815. The lowest BCUT2D eigenvalue weighted by atomic mass is 10.3. The summed E-state index contributed by atoms with van der Waals surface area (Å²) in [5.74, 6) is 1.38. The van der Waals surface area contributed by atoms with Crippen molar-refractivity contribution in [3.8, 4) is 0 Å². The van der Waals surface area contributed by atoms with Crippen LogP contribution < -0.4 is 5.32 Å². The molecule has 0 radical (unpaired) electrons. The molecule has 0 atom stereocenters. The van der Waals surface area contributed by atoms with Gasteiger partial charge in [-0.25, -0.2) is 0 Å². The van der Waals surface area contributed by atoms with Gasteiger partial charge < -0.3 is 9.84 Å². The Morgan fingerprint density at radius 3 is 2.79 bits per heavy atom. The second-order valence-corrected chi connectivity index (χ2v) is 6.09. The highest BCUT2D eigenvalue weighted by atomic mass is 32.2. The summed E-state index contributed by atoms with van der Waals surface area (Å²) in [5.41, 5.74) is 1.11. The second-order valence-electron chi connectivity index (χ2n) is 4.47. The van der Waals surface area contributed by atoms with Crippen molar-refractivity contribution in [2.24, 2.45) is 0 Å². The van der Waals surface area contributed by atoms with Crippen LogP contribution >= 0.6 is 11.8 Å². The maximum absolute atomic E-state index is 5.17. The number of para-hydroxylation sites is 1. The molecule has 2 aromatic rings. The van der Waals surface area contributed by atoms with Gasteiger partial charge in [0, 0.05) is 22.3 Å². The molecule has 19 heavy (non-hydrogen) atoms. The summed E-state index contributed by atoms with van der Waals surface area (Å²) in [6.07, 6.45) is 0.795. The zero-order chi connectivity index (χ0) is 13.7. The molecule has 1 aromatic carbocycles. The molecule has 102 valence electrons. The molecule has 0 fully saturated rings. The van der Waals surface area contributed by atoms with Crippen molar-refractivity contribution in [2.75, 3.05) is 5.32 Å². The number of thioether (sulfide) groups is 1. The van der Waals surface area contributed by atoms with Gasteiger partial charge >= 0.3 is 0 Å². The Balaban J connectivity index is 2.02. The van der Waals surface area contributed by atoms with Crippen LogP contribution in [0.15, 0.2) is 33.7 Å². The molecule has 0 bridgehead atoms. The van der Waals surface area contributed by atoms with Crippen LogP contribution in [-0.4, -0.2) is 15.4 Å². The Bertz CT molecular complexity index is 525. The van der Waals surface area contributed by atoms with E-state index in [4.69, 9.17) is 4.52 Å². The summed E-state index contributed by atoms with van der Waals surface area (Å²) in [6.45, 7) is 6.94. The topological polar surface area (TPSA) is 51.0 Å². The highest BCUT2D eigenvalue weighted by Crippen LogP contribution is 2.30. The van der Waals surface area contributed by atoms with Crippen molar-refractivity contribution >= 4 is 17.4 Å². The van der Waals surface area contributed by atoms with Gasteiger partial charge in [0.1, 0.15) is 0 Å². The summed E-state index contributed by atoms with van der Waals surface area (Å²) in [7, 11) is 0. The minimum Gasteiger partial charge on any atom is -0.375 e. The molecule has 0 spiro atoms. The van der Waals surface area contributed by atoms with Crippen LogP contribution in [0.5, 0.6) is 0 Å². The Kier molecular flexibility index (Phi) is 4.85. The summed E-state index contributed by atoms with van der Waals surface area (Å²) in [5, 5.41) is 7.80. The molecule has 1 aromatic heterocycles. The van der Waals surface area contributed by atoms with Crippen molar-refractivity contribution < 1.29 is 4.52 Å². The predicted molar refractivity (Wildman–Crippen MR) is 78.4 cm³/mol. The lowest BCUT2D eigenvalue weighted by Crippen LogP contribution is -2.01. The Labute approximate surface area is 118 Å². The first-order valence-electron chi connectivity index (χ1n) is 6.50. The molecule has 4 nitrogen and oxygen atoms in total. The van der Waals surface area contributed by atoms with Crippen molar-refractivity contribution in [2.45, 2.75) is 43.9 Å². The Morgan fingerprint density at radius 2 is 2.11 bits per heavy atom. The highest BCUT2D eigenvalue weighted by molar-refractivity contribution is 8.00. The van der Waals surface area contributed by atoms with E-state index < -0.39 is 0 Å². The van der Waals surface area contributed by atoms with Gasteiger partial charge in [0.2, 0.25) is 5.89 Å². The minimum atomic E-state index is 0.554. The molecular formula is C14H19N3OS. The smallest absolute Gasteiger partial charge is 0.245 e. The van der Waals surface area contributed by atoms with Crippen LogP contribution in [0.2, 0.25) is 0 Å². The summed E-state index contributed by atoms with van der Waals surface area (Å²) in [4.78, 5) is 5.53. The van der Waals surface area contributed by atoms with E-state index in [0.717, 1.165) is 17.9 Å². The molecule has 2 rings (SSSR count). The number of nitrogens with one attached hydrogen (secondary N) is 1. The minimum absolute atomic E-state index is 0.554. The molecular weight excluding hydrogens is 258 g/mol. The van der Waals surface area contributed by atoms with Crippen molar-refractivity contribution in [1.29, 1.82) is 0 Å². The van der Waals surface area contributed by atoms with Crippen LogP contribution in [-0.2, 0) is 13.0 Å². The number of rotatable bonds is 6. The second kappa shape index (κ2) is 6.61. The fraction of sp³-hybridized carbons (Fsp3) is 0.429. The number of hydrogen-bond donors (Lipinski definition) is 1. The standard InChI is InChI=1S/C14H19N3OS/c1-4-13-16-14(18-17-13)9-15-11-7-5-6-8-12(11)19-10(2)3/h5-8,10,15H,4,9H2,1-3H3. The number of aromatic nitrogens is 2. The fourth-order valence-corrected chi connectivity index (χ4v) is 2.58. The SMILES string of the molecule is CCc1noc(CNc2ccccc2SC(C)C)n1. The fourth-order valence-electron chi connectivity index (χ4n) is 1.65. The molecule has 1 heterocycles. The van der Waals surface area contributed by atoms with Crippen LogP contribution in [0.4, 0.5) is 5.69 Å². The van der Waals surface area contributed by atoms with Gasteiger partial charge in [-0.15, -0.1) is 11.8 Å². The van der Waals surface area contributed by atoms with Crippen LogP contribution in [0, 0.1) is 0 Å². The monoisotopic (exact) mass is 277 g/mol. The van der Waals surface area contributed by atoms with Crippen molar-refractivity contribution in [3.63, 3.8) is 0 Å².